The number of fused-ring (bicyclic) bond motifs is 9. The molecule has 0 aliphatic carbocycles. The highest BCUT2D eigenvalue weighted by Crippen LogP contribution is 2.40. The van der Waals surface area contributed by atoms with Gasteiger partial charge >= 0.3 is 0 Å². The van der Waals surface area contributed by atoms with Crippen molar-refractivity contribution in [2.45, 2.75) is 0 Å². The third kappa shape index (κ3) is 4.88. The summed E-state index contributed by atoms with van der Waals surface area (Å²) in [5.41, 5.74) is 1.23. The van der Waals surface area contributed by atoms with Gasteiger partial charge in [-0.05, 0) is 109 Å². The third-order valence-electron chi connectivity index (χ3n) is 10.2. The van der Waals surface area contributed by atoms with Crippen molar-refractivity contribution in [3.05, 3.63) is 218 Å². The van der Waals surface area contributed by atoms with Crippen molar-refractivity contribution < 1.29 is 32.9 Å². The summed E-state index contributed by atoms with van der Waals surface area (Å²) in [5, 5.41) is -0.735. The summed E-state index contributed by atoms with van der Waals surface area (Å²) < 4.78 is 214. The molecule has 4 heteroatoms. The summed E-state index contributed by atoms with van der Waals surface area (Å²) >= 11 is 0. The predicted molar refractivity (Wildman–Crippen MR) is 244 cm³/mol. The summed E-state index contributed by atoms with van der Waals surface area (Å²) in [6.07, 6.45) is 0. The van der Waals surface area contributed by atoms with Gasteiger partial charge in [-0.15, -0.1) is 0 Å². The molecule has 0 atom stereocenters. The lowest BCUT2D eigenvalue weighted by Crippen LogP contribution is -2.10. The van der Waals surface area contributed by atoms with Crippen LogP contribution in [-0.4, -0.2) is 13.7 Å². The minimum Gasteiger partial charge on any atom is -0.310 e. The van der Waals surface area contributed by atoms with E-state index in [4.69, 9.17) is 32.9 Å². The Hall–Kier alpha value is -7.82. The second-order valence-electron chi connectivity index (χ2n) is 13.2. The van der Waals surface area contributed by atoms with E-state index in [0.29, 0.717) is 17.1 Å². The van der Waals surface area contributed by atoms with E-state index in [-0.39, 0.29) is 82.5 Å². The molecular weight excluding hydrogens is 705 g/mol. The van der Waals surface area contributed by atoms with Crippen molar-refractivity contribution in [1.82, 2.24) is 13.7 Å². The Morgan fingerprint density at radius 2 is 0.448 bits per heavy atom. The van der Waals surface area contributed by atoms with Crippen molar-refractivity contribution in [2.24, 2.45) is 0 Å². The highest BCUT2D eigenvalue weighted by molar-refractivity contribution is 6.11. The normalized spacial score (nSPS) is 17.6. The van der Waals surface area contributed by atoms with Crippen molar-refractivity contribution in [2.75, 3.05) is 4.90 Å². The molecule has 3 heterocycles. The molecule has 0 bridgehead atoms. The molecule has 0 unspecified atom stereocenters. The molecule has 9 aromatic carbocycles. The summed E-state index contributed by atoms with van der Waals surface area (Å²) in [6.45, 7) is 0. The van der Waals surface area contributed by atoms with Crippen LogP contribution in [0.1, 0.15) is 32.9 Å². The Morgan fingerprint density at radius 1 is 0.259 bits per heavy atom. The lowest BCUT2D eigenvalue weighted by Gasteiger charge is -2.26. The minimum absolute atomic E-state index is 0.108. The van der Waals surface area contributed by atoms with Gasteiger partial charge in [-0.25, -0.2) is 0 Å². The number of anilines is 3. The molecule has 4 nitrogen and oxygen atoms in total. The molecular formula is C54H36N4. The predicted octanol–water partition coefficient (Wildman–Crippen LogP) is 14.4. The minimum atomic E-state index is -0.606. The maximum Gasteiger partial charge on any atom is 0.0645 e. The van der Waals surface area contributed by atoms with E-state index in [0.717, 1.165) is 0 Å². The van der Waals surface area contributed by atoms with Crippen LogP contribution in [0.4, 0.5) is 17.1 Å². The molecule has 0 aliphatic rings. The molecule has 58 heavy (non-hydrogen) atoms. The molecule has 3 aromatic heterocycles. The van der Waals surface area contributed by atoms with E-state index >= 15 is 0 Å². The van der Waals surface area contributed by atoms with Crippen LogP contribution < -0.4 is 4.90 Å². The van der Waals surface area contributed by atoms with Crippen molar-refractivity contribution in [1.29, 1.82) is 0 Å². The van der Waals surface area contributed by atoms with E-state index in [1.165, 1.54) is 13.7 Å². The Labute approximate surface area is 369 Å². The first-order valence-electron chi connectivity index (χ1n) is 29.9. The molecule has 0 aliphatic heterocycles. The molecule has 0 radical (unpaired) electrons. The lowest BCUT2D eigenvalue weighted by atomic mass is 10.1. The molecule has 0 saturated carbocycles. The SMILES string of the molecule is [2H]c1c([2H])c([2H])c2c(c1[2H])c1c([2H])c([2H])c([2H])c([2H])c1n2-c1ccc(N(c2ccc(-n3c4c([2H])c([2H])c([2H])c([2H])c4c4c([2H])c([2H])c([2H])c([2H])c43)cc2)c2ccc(-n3c4c([2H])c([2H])c([2H])c([2H])c4c4c([2H])c([2H])c([2H])c([2H])c43)cc2)cc1. The Kier molecular flexibility index (Phi) is 3.71. The zero-order valence-electron chi connectivity index (χ0n) is 53.7. The largest absolute Gasteiger partial charge is 0.310 e. The van der Waals surface area contributed by atoms with Gasteiger partial charge in [-0.3, -0.25) is 0 Å². The topological polar surface area (TPSA) is 18.0 Å². The van der Waals surface area contributed by atoms with Crippen LogP contribution in [0.25, 0.3) is 82.5 Å². The number of hydrogen-bond donors (Lipinski definition) is 0. The van der Waals surface area contributed by atoms with Crippen molar-refractivity contribution in [3.63, 3.8) is 0 Å². The zero-order valence-corrected chi connectivity index (χ0v) is 29.7. The zero-order chi connectivity index (χ0) is 59.0. The Morgan fingerprint density at radius 3 is 0.655 bits per heavy atom. The average Bonchev–Trinajstić information content (AvgIpc) is 3.22. The average molecular weight is 765 g/mol. The molecule has 272 valence electrons. The molecule has 0 spiro atoms. The van der Waals surface area contributed by atoms with Gasteiger partial charge in [-0.2, -0.15) is 0 Å². The van der Waals surface area contributed by atoms with E-state index < -0.39 is 145 Å². The second-order valence-corrected chi connectivity index (χ2v) is 13.2. The molecule has 0 amide bonds. The number of hydrogen-bond acceptors (Lipinski definition) is 1. The van der Waals surface area contributed by atoms with Gasteiger partial charge in [0.25, 0.3) is 0 Å². The molecule has 0 fully saturated rings. The highest BCUT2D eigenvalue weighted by Gasteiger charge is 2.18. The first-order valence-corrected chi connectivity index (χ1v) is 17.9. The van der Waals surface area contributed by atoms with Gasteiger partial charge in [0.2, 0.25) is 0 Å². The fourth-order valence-electron chi connectivity index (χ4n) is 7.74. The van der Waals surface area contributed by atoms with Crippen LogP contribution in [0.15, 0.2) is 218 Å². The number of nitrogens with zero attached hydrogens (tertiary/aromatic N) is 4. The third-order valence-corrected chi connectivity index (χ3v) is 10.2. The Bertz CT molecular complexity index is 4170. The van der Waals surface area contributed by atoms with E-state index in [9.17, 15) is 0 Å². The van der Waals surface area contributed by atoms with Crippen molar-refractivity contribution >= 4 is 82.5 Å². The molecule has 12 rings (SSSR count). The fourth-order valence-corrected chi connectivity index (χ4v) is 7.74. The number of aromatic nitrogens is 3. The number of para-hydroxylation sites is 6. The van der Waals surface area contributed by atoms with E-state index in [1.54, 1.807) is 77.7 Å². The molecule has 0 saturated heterocycles. The van der Waals surface area contributed by atoms with Crippen LogP contribution in [0.3, 0.4) is 0 Å². The fraction of sp³-hybridized carbons (Fsp3) is 0. The quantitative estimate of drug-likeness (QED) is 0.165. The van der Waals surface area contributed by atoms with Crippen LogP contribution in [-0.2, 0) is 0 Å². The monoisotopic (exact) mass is 764 g/mol. The van der Waals surface area contributed by atoms with Gasteiger partial charge in [0.15, 0.2) is 0 Å². The van der Waals surface area contributed by atoms with E-state index in [2.05, 4.69) is 0 Å². The highest BCUT2D eigenvalue weighted by atomic mass is 15.1. The number of benzene rings is 9. The smallest absolute Gasteiger partial charge is 0.0645 e. The molecule has 12 aromatic rings. The summed E-state index contributed by atoms with van der Waals surface area (Å²) in [5.74, 6) is 0. The standard InChI is InChI=1S/C54H36N4/c1-7-19-49-43(13-1)44-14-2-8-20-50(44)56(49)40-31-25-37(26-32-40)55(38-27-33-41(34-28-38)57-51-21-9-3-15-45(51)46-16-4-10-22-52(46)57)39-29-35-42(36-30-39)58-53-23-11-5-17-47(53)48-18-6-12-24-54(48)58/h1-36H/i1D,2D,3D,4D,5D,6D,7D,8D,9D,10D,11D,12D,13D,14D,15D,16D,17D,18D,19D,20D,21D,22D,23D,24D. The number of rotatable bonds is 6. The lowest BCUT2D eigenvalue weighted by molar-refractivity contribution is 1.16. The Balaban J connectivity index is 1.10. The maximum absolute atomic E-state index is 9.03. The van der Waals surface area contributed by atoms with Gasteiger partial charge in [0.1, 0.15) is 0 Å². The van der Waals surface area contributed by atoms with Crippen LogP contribution in [0.5, 0.6) is 0 Å². The van der Waals surface area contributed by atoms with Gasteiger partial charge in [-0.1, -0.05) is 109 Å². The first kappa shape index (κ1) is 16.7. The summed E-state index contributed by atoms with van der Waals surface area (Å²) in [4.78, 5) is 1.73. The molecule has 0 N–H and O–H groups in total. The van der Waals surface area contributed by atoms with Gasteiger partial charge in [0, 0.05) is 66.4 Å². The summed E-state index contributed by atoms with van der Waals surface area (Å²) in [6, 6.07) is 5.90. The van der Waals surface area contributed by atoms with Crippen LogP contribution >= 0.6 is 0 Å². The maximum atomic E-state index is 9.03. The first-order chi connectivity index (χ1) is 38.8. The second kappa shape index (κ2) is 12.9. The van der Waals surface area contributed by atoms with E-state index in [1.807, 2.05) is 0 Å². The van der Waals surface area contributed by atoms with Crippen LogP contribution in [0.2, 0.25) is 0 Å². The summed E-state index contributed by atoms with van der Waals surface area (Å²) in [7, 11) is 0. The van der Waals surface area contributed by atoms with Crippen molar-refractivity contribution in [3.8, 4) is 17.1 Å². The van der Waals surface area contributed by atoms with Gasteiger partial charge < -0.3 is 18.6 Å². The van der Waals surface area contributed by atoms with Gasteiger partial charge in [0.05, 0.1) is 66.0 Å². The van der Waals surface area contributed by atoms with Crippen LogP contribution in [0, 0.1) is 0 Å².